The molecule has 0 spiro atoms. The zero-order chi connectivity index (χ0) is 37.7. The summed E-state index contributed by atoms with van der Waals surface area (Å²) < 4.78 is 31.8. The lowest BCUT2D eigenvalue weighted by Crippen LogP contribution is -2.54. The number of amides is 4. The van der Waals surface area contributed by atoms with Crippen molar-refractivity contribution in [1.29, 1.82) is 0 Å². The summed E-state index contributed by atoms with van der Waals surface area (Å²) in [4.78, 5) is 55.2. The Morgan fingerprint density at radius 3 is 2.24 bits per heavy atom. The molecule has 4 heterocycles. The zero-order valence-electron chi connectivity index (χ0n) is 29.6. The van der Waals surface area contributed by atoms with Gasteiger partial charge in [0.1, 0.15) is 29.5 Å². The lowest BCUT2D eigenvalue weighted by molar-refractivity contribution is -0.136. The minimum Gasteiger partial charge on any atom is -0.490 e. The van der Waals surface area contributed by atoms with E-state index in [1.807, 2.05) is 48.5 Å². The van der Waals surface area contributed by atoms with Crippen LogP contribution in [0.2, 0.25) is 0 Å². The molecule has 5 aromatic rings. The summed E-state index contributed by atoms with van der Waals surface area (Å²) >= 11 is 0. The Hall–Kier alpha value is -6.44. The van der Waals surface area contributed by atoms with Crippen molar-refractivity contribution >= 4 is 29.3 Å². The number of imide groups is 2. The average molecular weight is 731 g/mol. The fourth-order valence-corrected chi connectivity index (χ4v) is 7.00. The molecule has 2 aliphatic heterocycles. The van der Waals surface area contributed by atoms with Gasteiger partial charge in [0, 0.05) is 49.4 Å². The molecule has 13 nitrogen and oxygen atoms in total. The molecule has 8 rings (SSSR count). The topological polar surface area (TPSA) is 166 Å². The maximum atomic E-state index is 14.1. The third-order valence-electron chi connectivity index (χ3n) is 10.1. The monoisotopic (exact) mass is 730 g/mol. The van der Waals surface area contributed by atoms with E-state index in [9.17, 15) is 23.6 Å². The molecule has 274 valence electrons. The number of halogens is 1. The summed E-state index contributed by atoms with van der Waals surface area (Å²) in [5.74, 6) is -0.765. The number of carbonyl (C=O) groups is 4. The Bertz CT molecular complexity index is 2300. The van der Waals surface area contributed by atoms with Crippen molar-refractivity contribution in [3.05, 3.63) is 113 Å². The van der Waals surface area contributed by atoms with Crippen LogP contribution < -0.4 is 20.1 Å². The van der Waals surface area contributed by atoms with E-state index >= 15 is 0 Å². The van der Waals surface area contributed by atoms with E-state index in [0.717, 1.165) is 40.8 Å². The van der Waals surface area contributed by atoms with Crippen molar-refractivity contribution in [2.24, 2.45) is 0 Å². The molecule has 1 atom stereocenters. The van der Waals surface area contributed by atoms with Crippen LogP contribution in [0.3, 0.4) is 0 Å². The SMILES string of the molecule is Cc1nnc(-c2ncc(F)cc2Oc2ccc(C(C)(C)c3ccc(OC4CC(Nc5ccc6c(c5)C(=O)N(C5CCC(=O)NC5=O)C6=O)C4)cc3)cc2)o1. The first kappa shape index (κ1) is 34.6. The van der Waals surface area contributed by atoms with Crippen LogP contribution in [-0.2, 0) is 15.0 Å². The average Bonchev–Trinajstić information content (AvgIpc) is 3.67. The highest BCUT2D eigenvalue weighted by Gasteiger charge is 2.45. The molecule has 1 saturated heterocycles. The molecule has 2 aromatic heterocycles. The van der Waals surface area contributed by atoms with Crippen molar-refractivity contribution in [3.8, 4) is 28.8 Å². The first-order chi connectivity index (χ1) is 25.9. The molecular weight excluding hydrogens is 695 g/mol. The van der Waals surface area contributed by atoms with E-state index in [0.29, 0.717) is 17.3 Å². The van der Waals surface area contributed by atoms with Gasteiger partial charge >= 0.3 is 0 Å². The lowest BCUT2D eigenvalue weighted by Gasteiger charge is -2.36. The highest BCUT2D eigenvalue weighted by molar-refractivity contribution is 6.23. The van der Waals surface area contributed by atoms with Crippen molar-refractivity contribution in [2.45, 2.75) is 70.1 Å². The Morgan fingerprint density at radius 2 is 1.57 bits per heavy atom. The number of anilines is 1. The van der Waals surface area contributed by atoms with Gasteiger partial charge in [0.05, 0.1) is 17.3 Å². The van der Waals surface area contributed by atoms with Crippen LogP contribution in [-0.4, -0.2) is 61.9 Å². The molecular formula is C40H35FN6O7. The van der Waals surface area contributed by atoms with E-state index in [1.165, 1.54) is 6.07 Å². The second-order valence-corrected chi connectivity index (χ2v) is 14.2. The van der Waals surface area contributed by atoms with Gasteiger partial charge in [0.2, 0.25) is 17.7 Å². The Kier molecular flexibility index (Phi) is 8.67. The smallest absolute Gasteiger partial charge is 0.270 e. The number of ether oxygens (including phenoxy) is 2. The van der Waals surface area contributed by atoms with E-state index in [1.54, 1.807) is 25.1 Å². The fourth-order valence-electron chi connectivity index (χ4n) is 7.00. The van der Waals surface area contributed by atoms with Gasteiger partial charge in [-0.15, -0.1) is 10.2 Å². The van der Waals surface area contributed by atoms with Crippen LogP contribution in [0.5, 0.6) is 17.2 Å². The summed E-state index contributed by atoms with van der Waals surface area (Å²) in [5, 5.41) is 13.4. The first-order valence-corrected chi connectivity index (χ1v) is 17.6. The van der Waals surface area contributed by atoms with Crippen molar-refractivity contribution < 1.29 is 37.5 Å². The zero-order valence-corrected chi connectivity index (χ0v) is 29.6. The number of piperidine rings is 1. The van der Waals surface area contributed by atoms with E-state index < -0.39 is 35.5 Å². The number of aryl methyl sites for hydroxylation is 1. The van der Waals surface area contributed by atoms with Gasteiger partial charge in [-0.05, 0) is 60.0 Å². The van der Waals surface area contributed by atoms with E-state index in [-0.39, 0.29) is 58.9 Å². The highest BCUT2D eigenvalue weighted by atomic mass is 19.1. The third-order valence-corrected chi connectivity index (χ3v) is 10.1. The van der Waals surface area contributed by atoms with Crippen LogP contribution in [0, 0.1) is 12.7 Å². The molecule has 0 bridgehead atoms. The summed E-state index contributed by atoms with van der Waals surface area (Å²) in [7, 11) is 0. The molecule has 0 radical (unpaired) electrons. The minimum absolute atomic E-state index is 0.00668. The van der Waals surface area contributed by atoms with Gasteiger partial charge in [-0.2, -0.15) is 0 Å². The molecule has 2 N–H and O–H groups in total. The molecule has 54 heavy (non-hydrogen) atoms. The second kappa shape index (κ2) is 13.5. The van der Waals surface area contributed by atoms with Crippen LogP contribution in [0.4, 0.5) is 10.1 Å². The summed E-state index contributed by atoms with van der Waals surface area (Å²) in [6, 6.07) is 20.9. The summed E-state index contributed by atoms with van der Waals surface area (Å²) in [6.07, 6.45) is 2.75. The third kappa shape index (κ3) is 6.55. The largest absolute Gasteiger partial charge is 0.490 e. The summed E-state index contributed by atoms with van der Waals surface area (Å²) in [5.41, 5.74) is 3.20. The molecule has 1 aliphatic carbocycles. The van der Waals surface area contributed by atoms with Crippen LogP contribution in [0.25, 0.3) is 11.6 Å². The highest BCUT2D eigenvalue weighted by Crippen LogP contribution is 2.37. The number of hydrogen-bond donors (Lipinski definition) is 2. The second-order valence-electron chi connectivity index (χ2n) is 14.2. The maximum absolute atomic E-state index is 14.1. The quantitative estimate of drug-likeness (QED) is 0.159. The number of pyridine rings is 1. The van der Waals surface area contributed by atoms with Gasteiger partial charge in [0.15, 0.2) is 11.4 Å². The van der Waals surface area contributed by atoms with Gasteiger partial charge in [-0.1, -0.05) is 38.1 Å². The van der Waals surface area contributed by atoms with Gasteiger partial charge in [0.25, 0.3) is 17.7 Å². The summed E-state index contributed by atoms with van der Waals surface area (Å²) in [6.45, 7) is 5.91. The predicted octanol–water partition coefficient (Wildman–Crippen LogP) is 6.12. The molecule has 3 aromatic carbocycles. The number of benzene rings is 3. The molecule has 1 saturated carbocycles. The number of carbonyl (C=O) groups excluding carboxylic acids is 4. The van der Waals surface area contributed by atoms with Crippen molar-refractivity contribution in [3.63, 3.8) is 0 Å². The van der Waals surface area contributed by atoms with Gasteiger partial charge < -0.3 is 19.2 Å². The Labute approximate surface area is 308 Å². The van der Waals surface area contributed by atoms with Gasteiger partial charge in [-0.3, -0.25) is 29.4 Å². The predicted molar refractivity (Wildman–Crippen MR) is 191 cm³/mol. The van der Waals surface area contributed by atoms with E-state index in [4.69, 9.17) is 13.9 Å². The Morgan fingerprint density at radius 1 is 0.889 bits per heavy atom. The van der Waals surface area contributed by atoms with Crippen LogP contribution in [0.1, 0.15) is 77.3 Å². The number of fused-ring (bicyclic) bond motifs is 1. The maximum Gasteiger partial charge on any atom is 0.270 e. The van der Waals surface area contributed by atoms with Gasteiger partial charge in [-0.25, -0.2) is 9.37 Å². The number of aromatic nitrogens is 3. The van der Waals surface area contributed by atoms with Crippen molar-refractivity contribution in [1.82, 2.24) is 25.4 Å². The molecule has 2 fully saturated rings. The Balaban J connectivity index is 0.854. The minimum atomic E-state index is -1.00. The normalized spacial score (nSPS) is 19.6. The van der Waals surface area contributed by atoms with Crippen molar-refractivity contribution in [2.75, 3.05) is 5.32 Å². The van der Waals surface area contributed by atoms with Crippen LogP contribution in [0.15, 0.2) is 83.4 Å². The van der Waals surface area contributed by atoms with Crippen LogP contribution >= 0.6 is 0 Å². The lowest BCUT2D eigenvalue weighted by atomic mass is 9.78. The number of rotatable bonds is 10. The molecule has 3 aliphatic rings. The standard InChI is InChI=1S/C40H35FN6O7/c1-21-45-46-37(52-21)35-33(16-24(41)20-42-35)54-28-11-6-23(7-12-28)40(2,3)22-4-9-27(10-5-22)53-29-17-26(18-29)43-25-8-13-30-31(19-25)39(51)47(38(30)50)32-14-15-34(48)44-36(32)49/h4-13,16,19-20,26,29,32,43H,14-15,17-18H2,1-3H3,(H,44,48,49). The van der Waals surface area contributed by atoms with E-state index in [2.05, 4.69) is 39.7 Å². The number of nitrogens with one attached hydrogen (secondary N) is 2. The molecule has 1 unspecified atom stereocenters. The number of nitrogens with zero attached hydrogens (tertiary/aromatic N) is 4. The molecule has 4 amide bonds. The fraction of sp³-hybridized carbons (Fsp3) is 0.275. The number of hydrogen-bond acceptors (Lipinski definition) is 11. The first-order valence-electron chi connectivity index (χ1n) is 17.6. The molecule has 14 heteroatoms.